The van der Waals surface area contributed by atoms with Crippen LogP contribution in [-0.2, 0) is 0 Å². The van der Waals surface area contributed by atoms with Gasteiger partial charge in [0.05, 0.1) is 0 Å². The lowest BCUT2D eigenvalue weighted by atomic mass is 10.00. The Bertz CT molecular complexity index is 569. The maximum atomic E-state index is 4.47. The molecule has 0 fully saturated rings. The molecule has 1 aliphatic heterocycles. The van der Waals surface area contributed by atoms with Crippen molar-refractivity contribution in [2.75, 3.05) is 47.3 Å². The Labute approximate surface area is 183 Å². The van der Waals surface area contributed by atoms with Crippen molar-refractivity contribution in [2.24, 2.45) is 4.99 Å². The van der Waals surface area contributed by atoms with Gasteiger partial charge >= 0.3 is 0 Å². The summed E-state index contributed by atoms with van der Waals surface area (Å²) in [5.41, 5.74) is 2.80. The molecule has 4 nitrogen and oxygen atoms in total. The van der Waals surface area contributed by atoms with Gasteiger partial charge < -0.3 is 15.1 Å². The second kappa shape index (κ2) is 14.0. The van der Waals surface area contributed by atoms with Crippen molar-refractivity contribution < 1.29 is 0 Å². The number of benzene rings is 1. The third kappa shape index (κ3) is 9.10. The van der Waals surface area contributed by atoms with E-state index in [0.29, 0.717) is 0 Å². The number of aliphatic imine (C=N–C) groups is 1. The van der Waals surface area contributed by atoms with Gasteiger partial charge in [-0.1, -0.05) is 55.7 Å². The molecule has 1 aromatic rings. The highest BCUT2D eigenvalue weighted by molar-refractivity contribution is 14.0. The normalized spacial score (nSPS) is 14.7. The molecular weight excluding hydrogens is 447 g/mol. The van der Waals surface area contributed by atoms with Crippen LogP contribution in [0.5, 0.6) is 0 Å². The minimum absolute atomic E-state index is 0. The largest absolute Gasteiger partial charge is 0.356 e. The molecule has 0 bridgehead atoms. The van der Waals surface area contributed by atoms with Crippen LogP contribution in [0, 0.1) is 0 Å². The van der Waals surface area contributed by atoms with Crippen LogP contribution in [0.15, 0.2) is 41.4 Å². The second-order valence-electron chi connectivity index (χ2n) is 7.34. The van der Waals surface area contributed by atoms with E-state index >= 15 is 0 Å². The van der Waals surface area contributed by atoms with Crippen LogP contribution >= 0.6 is 24.0 Å². The average molecular weight is 484 g/mol. The lowest BCUT2D eigenvalue weighted by Gasteiger charge is -2.29. The smallest absolute Gasteiger partial charge is 0.193 e. The summed E-state index contributed by atoms with van der Waals surface area (Å²) in [4.78, 5) is 9.09. The van der Waals surface area contributed by atoms with Gasteiger partial charge in [0.15, 0.2) is 5.96 Å². The van der Waals surface area contributed by atoms with E-state index in [2.05, 4.69) is 70.6 Å². The van der Waals surface area contributed by atoms with Gasteiger partial charge in [-0.05, 0) is 51.0 Å². The molecule has 0 aliphatic carbocycles. The van der Waals surface area contributed by atoms with Gasteiger partial charge in [-0.15, -0.1) is 24.0 Å². The zero-order chi connectivity index (χ0) is 18.6. The van der Waals surface area contributed by atoms with Crippen molar-refractivity contribution in [3.63, 3.8) is 0 Å². The fourth-order valence-electron chi connectivity index (χ4n) is 3.39. The molecule has 0 saturated heterocycles. The summed E-state index contributed by atoms with van der Waals surface area (Å²) < 4.78 is 0. The Kier molecular flexibility index (Phi) is 12.4. The Morgan fingerprint density at radius 2 is 1.78 bits per heavy atom. The molecule has 0 atom stereocenters. The molecule has 27 heavy (non-hydrogen) atoms. The first-order valence-electron chi connectivity index (χ1n) is 10.1. The standard InChI is InChI=1S/C22H36N4.HI/c1-23-22(24-16-10-5-4-6-11-17-25(2)3)26-18-14-21(15-19-26)20-12-8-7-9-13-20;/h7-9,12-14H,4-6,10-11,15-19H2,1-3H3,(H,23,24);1H. The number of halogens is 1. The number of hydrogen-bond acceptors (Lipinski definition) is 2. The maximum absolute atomic E-state index is 4.47. The fourth-order valence-corrected chi connectivity index (χ4v) is 3.39. The molecule has 1 aromatic carbocycles. The molecule has 1 aliphatic rings. The van der Waals surface area contributed by atoms with Crippen molar-refractivity contribution in [2.45, 2.75) is 38.5 Å². The van der Waals surface area contributed by atoms with E-state index in [9.17, 15) is 0 Å². The van der Waals surface area contributed by atoms with Gasteiger partial charge in [0.2, 0.25) is 0 Å². The number of rotatable bonds is 9. The van der Waals surface area contributed by atoms with Gasteiger partial charge in [-0.25, -0.2) is 0 Å². The van der Waals surface area contributed by atoms with Gasteiger partial charge in [0.25, 0.3) is 0 Å². The van der Waals surface area contributed by atoms with Crippen LogP contribution in [0.1, 0.15) is 44.1 Å². The molecule has 0 radical (unpaired) electrons. The second-order valence-corrected chi connectivity index (χ2v) is 7.34. The van der Waals surface area contributed by atoms with E-state index < -0.39 is 0 Å². The third-order valence-corrected chi connectivity index (χ3v) is 4.93. The van der Waals surface area contributed by atoms with Gasteiger partial charge in [-0.2, -0.15) is 0 Å². The Morgan fingerprint density at radius 3 is 2.41 bits per heavy atom. The summed E-state index contributed by atoms with van der Waals surface area (Å²) in [5, 5.41) is 3.54. The van der Waals surface area contributed by atoms with Crippen molar-refractivity contribution in [1.29, 1.82) is 0 Å². The first-order chi connectivity index (χ1) is 12.7. The molecule has 0 amide bonds. The summed E-state index contributed by atoms with van der Waals surface area (Å²) in [6.45, 7) is 4.20. The predicted octanol–water partition coefficient (Wildman–Crippen LogP) is 4.48. The van der Waals surface area contributed by atoms with E-state index in [0.717, 1.165) is 32.0 Å². The van der Waals surface area contributed by atoms with Crippen LogP contribution in [0.2, 0.25) is 0 Å². The average Bonchev–Trinajstić information content (AvgIpc) is 2.67. The number of nitrogens with one attached hydrogen (secondary N) is 1. The maximum Gasteiger partial charge on any atom is 0.193 e. The molecule has 2 rings (SSSR count). The molecule has 0 spiro atoms. The highest BCUT2D eigenvalue weighted by Crippen LogP contribution is 2.21. The number of nitrogens with zero attached hydrogens (tertiary/aromatic N) is 3. The van der Waals surface area contributed by atoms with Crippen molar-refractivity contribution in [3.8, 4) is 0 Å². The van der Waals surface area contributed by atoms with Gasteiger partial charge in [-0.3, -0.25) is 4.99 Å². The number of guanidine groups is 1. The molecule has 1 heterocycles. The summed E-state index contributed by atoms with van der Waals surface area (Å²) in [6.07, 6.45) is 9.93. The topological polar surface area (TPSA) is 30.9 Å². The molecule has 5 heteroatoms. The Morgan fingerprint density at radius 1 is 1.07 bits per heavy atom. The van der Waals surface area contributed by atoms with Crippen molar-refractivity contribution in [3.05, 3.63) is 42.0 Å². The zero-order valence-corrected chi connectivity index (χ0v) is 19.6. The lowest BCUT2D eigenvalue weighted by Crippen LogP contribution is -2.43. The van der Waals surface area contributed by atoms with Crippen LogP contribution in [0.3, 0.4) is 0 Å². The summed E-state index contributed by atoms with van der Waals surface area (Å²) >= 11 is 0. The zero-order valence-electron chi connectivity index (χ0n) is 17.3. The van der Waals surface area contributed by atoms with Crippen LogP contribution in [0.4, 0.5) is 0 Å². The summed E-state index contributed by atoms with van der Waals surface area (Å²) in [6, 6.07) is 10.7. The van der Waals surface area contributed by atoms with Crippen molar-refractivity contribution >= 4 is 35.5 Å². The number of hydrogen-bond donors (Lipinski definition) is 1. The fraction of sp³-hybridized carbons (Fsp3) is 0.591. The quantitative estimate of drug-likeness (QED) is 0.243. The minimum Gasteiger partial charge on any atom is -0.356 e. The molecule has 0 saturated carbocycles. The van der Waals surface area contributed by atoms with Gasteiger partial charge in [0, 0.05) is 26.7 Å². The van der Waals surface area contributed by atoms with Crippen LogP contribution in [0.25, 0.3) is 5.57 Å². The van der Waals surface area contributed by atoms with E-state index in [1.54, 1.807) is 0 Å². The highest BCUT2D eigenvalue weighted by Gasteiger charge is 2.15. The first-order valence-corrected chi connectivity index (χ1v) is 10.1. The monoisotopic (exact) mass is 484 g/mol. The van der Waals surface area contributed by atoms with E-state index in [1.165, 1.54) is 49.8 Å². The molecular formula is C22H37IN4. The Hall–Kier alpha value is -1.08. The number of unbranched alkanes of at least 4 members (excludes halogenated alkanes) is 4. The first kappa shape index (κ1) is 24.0. The Balaban J connectivity index is 0.00000364. The van der Waals surface area contributed by atoms with E-state index in [-0.39, 0.29) is 24.0 Å². The highest BCUT2D eigenvalue weighted by atomic mass is 127. The SMILES string of the molecule is CN=C(NCCCCCCCN(C)C)N1CC=C(c2ccccc2)CC1.I. The van der Waals surface area contributed by atoms with Crippen molar-refractivity contribution in [1.82, 2.24) is 15.1 Å². The lowest BCUT2D eigenvalue weighted by molar-refractivity contribution is 0.389. The van der Waals surface area contributed by atoms with Crippen LogP contribution < -0.4 is 5.32 Å². The van der Waals surface area contributed by atoms with E-state index in [1.807, 2.05) is 7.05 Å². The third-order valence-electron chi connectivity index (χ3n) is 4.93. The molecule has 0 unspecified atom stereocenters. The summed E-state index contributed by atoms with van der Waals surface area (Å²) in [7, 11) is 6.18. The van der Waals surface area contributed by atoms with Crippen LogP contribution in [-0.4, -0.2) is 63.1 Å². The van der Waals surface area contributed by atoms with E-state index in [4.69, 9.17) is 0 Å². The van der Waals surface area contributed by atoms with Gasteiger partial charge in [0.1, 0.15) is 0 Å². The molecule has 1 N–H and O–H groups in total. The minimum atomic E-state index is 0. The summed E-state index contributed by atoms with van der Waals surface area (Å²) in [5.74, 6) is 1.04. The molecule has 152 valence electrons. The predicted molar refractivity (Wildman–Crippen MR) is 129 cm³/mol. The molecule has 0 aromatic heterocycles.